The Morgan fingerprint density at radius 2 is 1.32 bits per heavy atom. The summed E-state index contributed by atoms with van der Waals surface area (Å²) in [5.74, 6) is 0.0992. The summed E-state index contributed by atoms with van der Waals surface area (Å²) in [7, 11) is 0. The molecule has 1 aromatic rings. The van der Waals surface area contributed by atoms with Gasteiger partial charge in [-0.15, -0.1) is 0 Å². The molecule has 0 spiro atoms. The van der Waals surface area contributed by atoms with Gasteiger partial charge in [-0.05, 0) is 76.3 Å². The van der Waals surface area contributed by atoms with Crippen molar-refractivity contribution < 1.29 is 4.79 Å². The number of rotatable bonds is 1. The summed E-state index contributed by atoms with van der Waals surface area (Å²) >= 11 is 0. The number of nitrogens with zero attached hydrogens (tertiary/aromatic N) is 1. The van der Waals surface area contributed by atoms with Crippen molar-refractivity contribution in [2.75, 3.05) is 11.6 Å². The molecular weight excluding hydrogens is 236 g/mol. The van der Waals surface area contributed by atoms with Crippen molar-refractivity contribution in [1.82, 2.24) is 5.43 Å². The molecule has 1 heterocycles. The molecule has 1 saturated heterocycles. The van der Waals surface area contributed by atoms with Gasteiger partial charge in [-0.25, -0.2) is 0 Å². The van der Waals surface area contributed by atoms with Crippen molar-refractivity contribution in [3.8, 4) is 0 Å². The van der Waals surface area contributed by atoms with E-state index in [4.69, 9.17) is 0 Å². The molecule has 0 saturated carbocycles. The maximum absolute atomic E-state index is 12.0. The molecule has 1 aliphatic rings. The first kappa shape index (κ1) is 13.9. The molecule has 0 radical (unpaired) electrons. The van der Waals surface area contributed by atoms with E-state index in [1.807, 2.05) is 18.9 Å². The van der Waals surface area contributed by atoms with Crippen LogP contribution in [-0.2, 0) is 4.79 Å². The zero-order valence-electron chi connectivity index (χ0n) is 13.1. The van der Waals surface area contributed by atoms with Crippen LogP contribution in [0.4, 0.5) is 5.69 Å². The maximum atomic E-state index is 12.0. The van der Waals surface area contributed by atoms with Crippen LogP contribution in [0.3, 0.4) is 0 Å². The second-order valence-corrected chi connectivity index (χ2v) is 6.38. The third-order valence-electron chi connectivity index (χ3n) is 4.63. The van der Waals surface area contributed by atoms with Gasteiger partial charge in [0.15, 0.2) is 0 Å². The van der Waals surface area contributed by atoms with E-state index >= 15 is 0 Å². The largest absolute Gasteiger partial charge is 0.284 e. The molecule has 3 heteroatoms. The first-order valence-electron chi connectivity index (χ1n) is 6.82. The van der Waals surface area contributed by atoms with E-state index in [2.05, 4.69) is 40.0 Å². The summed E-state index contributed by atoms with van der Waals surface area (Å²) in [6, 6.07) is 0. The summed E-state index contributed by atoms with van der Waals surface area (Å²) in [4.78, 5) is 12.0. The zero-order valence-corrected chi connectivity index (χ0v) is 13.1. The van der Waals surface area contributed by atoms with Crippen LogP contribution in [0.5, 0.6) is 0 Å². The Labute approximate surface area is 116 Å². The third-order valence-corrected chi connectivity index (χ3v) is 4.63. The van der Waals surface area contributed by atoms with Gasteiger partial charge in [-0.2, -0.15) is 0 Å². The molecule has 104 valence electrons. The Bertz CT molecular complexity index is 529. The molecule has 2 rings (SSSR count). The number of anilines is 1. The highest BCUT2D eigenvalue weighted by Gasteiger charge is 2.39. The van der Waals surface area contributed by atoms with Gasteiger partial charge >= 0.3 is 0 Å². The standard InChI is InChI=1S/C16H24N2O/c1-9-10(2)12(4)14(13(5)11(9)3)18-8-16(6,7)15(19)17-18/h8H2,1-7H3,(H,17,19). The number of hydrogen-bond donors (Lipinski definition) is 1. The predicted molar refractivity (Wildman–Crippen MR) is 79.4 cm³/mol. The minimum Gasteiger partial charge on any atom is -0.284 e. The van der Waals surface area contributed by atoms with Crippen LogP contribution in [0.2, 0.25) is 0 Å². The lowest BCUT2D eigenvalue weighted by atomic mass is 9.91. The Balaban J connectivity index is 2.56. The van der Waals surface area contributed by atoms with Gasteiger partial charge in [0.2, 0.25) is 5.91 Å². The fraction of sp³-hybridized carbons (Fsp3) is 0.562. The number of amides is 1. The first-order chi connectivity index (χ1) is 8.66. The average molecular weight is 260 g/mol. The van der Waals surface area contributed by atoms with Crippen LogP contribution in [-0.4, -0.2) is 12.5 Å². The quantitative estimate of drug-likeness (QED) is 0.841. The molecule has 0 bridgehead atoms. The number of nitrogens with one attached hydrogen (secondary N) is 1. The van der Waals surface area contributed by atoms with Gasteiger partial charge in [-0.1, -0.05) is 0 Å². The molecule has 0 atom stereocenters. The van der Waals surface area contributed by atoms with Crippen LogP contribution < -0.4 is 10.4 Å². The van der Waals surface area contributed by atoms with Crippen molar-refractivity contribution in [1.29, 1.82) is 0 Å². The summed E-state index contributed by atoms with van der Waals surface area (Å²) in [5, 5.41) is 2.02. The van der Waals surface area contributed by atoms with Gasteiger partial charge in [0.1, 0.15) is 0 Å². The Hall–Kier alpha value is -1.51. The lowest BCUT2D eigenvalue weighted by molar-refractivity contribution is -0.125. The molecule has 3 nitrogen and oxygen atoms in total. The van der Waals surface area contributed by atoms with Crippen molar-refractivity contribution in [3.05, 3.63) is 27.8 Å². The first-order valence-corrected chi connectivity index (χ1v) is 6.82. The fourth-order valence-electron chi connectivity index (χ4n) is 2.80. The van der Waals surface area contributed by atoms with Gasteiger partial charge in [0, 0.05) is 0 Å². The van der Waals surface area contributed by atoms with Crippen molar-refractivity contribution >= 4 is 11.6 Å². The van der Waals surface area contributed by atoms with Crippen LogP contribution >= 0.6 is 0 Å². The summed E-state index contributed by atoms with van der Waals surface area (Å²) in [6.45, 7) is 15.5. The van der Waals surface area contributed by atoms with Gasteiger partial charge in [0.25, 0.3) is 0 Å². The molecule has 0 unspecified atom stereocenters. The molecule has 1 fully saturated rings. The number of carbonyl (C=O) groups excluding carboxylic acids is 1. The van der Waals surface area contributed by atoms with E-state index in [0.29, 0.717) is 0 Å². The van der Waals surface area contributed by atoms with Gasteiger partial charge < -0.3 is 0 Å². The summed E-state index contributed by atoms with van der Waals surface area (Å²) in [6.07, 6.45) is 0. The van der Waals surface area contributed by atoms with Crippen molar-refractivity contribution in [2.45, 2.75) is 48.5 Å². The zero-order chi connectivity index (χ0) is 14.5. The van der Waals surface area contributed by atoms with Crippen molar-refractivity contribution in [2.24, 2.45) is 5.41 Å². The second kappa shape index (κ2) is 4.26. The number of carbonyl (C=O) groups is 1. The normalized spacial score (nSPS) is 17.8. The molecule has 0 aliphatic carbocycles. The Morgan fingerprint density at radius 3 is 1.68 bits per heavy atom. The Kier molecular flexibility index (Phi) is 3.12. The lowest BCUT2D eigenvalue weighted by Gasteiger charge is -2.27. The second-order valence-electron chi connectivity index (χ2n) is 6.38. The molecule has 0 aromatic heterocycles. The molecule has 1 aromatic carbocycles. The van der Waals surface area contributed by atoms with E-state index < -0.39 is 0 Å². The SMILES string of the molecule is Cc1c(C)c(C)c(N2CC(C)(C)C(=O)N2)c(C)c1C. The minimum atomic E-state index is -0.328. The molecule has 1 aliphatic heterocycles. The minimum absolute atomic E-state index is 0.0992. The van der Waals surface area contributed by atoms with Crippen LogP contribution in [0, 0.1) is 40.0 Å². The number of hydrazine groups is 1. The van der Waals surface area contributed by atoms with Gasteiger partial charge in [0.05, 0.1) is 17.6 Å². The molecular formula is C16H24N2O. The third kappa shape index (κ3) is 2.01. The molecule has 1 amide bonds. The summed E-state index contributed by atoms with van der Waals surface area (Å²) in [5.41, 5.74) is 10.4. The molecule has 1 N–H and O–H groups in total. The van der Waals surface area contributed by atoms with Crippen LogP contribution in [0.1, 0.15) is 41.7 Å². The highest BCUT2D eigenvalue weighted by molar-refractivity contribution is 5.88. The van der Waals surface area contributed by atoms with E-state index in [9.17, 15) is 4.79 Å². The van der Waals surface area contributed by atoms with Crippen molar-refractivity contribution in [3.63, 3.8) is 0 Å². The molecule has 19 heavy (non-hydrogen) atoms. The van der Waals surface area contributed by atoms with Crippen LogP contribution in [0.15, 0.2) is 0 Å². The smallest absolute Gasteiger partial charge is 0.246 e. The average Bonchev–Trinajstić information content (AvgIpc) is 2.59. The number of benzene rings is 1. The monoisotopic (exact) mass is 260 g/mol. The maximum Gasteiger partial charge on any atom is 0.246 e. The summed E-state index contributed by atoms with van der Waals surface area (Å²) < 4.78 is 0. The van der Waals surface area contributed by atoms with E-state index in [-0.39, 0.29) is 11.3 Å². The highest BCUT2D eigenvalue weighted by Crippen LogP contribution is 2.36. The van der Waals surface area contributed by atoms with E-state index in [1.54, 1.807) is 0 Å². The highest BCUT2D eigenvalue weighted by atomic mass is 16.2. The van der Waals surface area contributed by atoms with E-state index in [1.165, 1.54) is 33.5 Å². The van der Waals surface area contributed by atoms with E-state index in [0.717, 1.165) is 6.54 Å². The van der Waals surface area contributed by atoms with Gasteiger partial charge in [-0.3, -0.25) is 15.2 Å². The Morgan fingerprint density at radius 1 is 0.895 bits per heavy atom. The topological polar surface area (TPSA) is 32.3 Å². The fourth-order valence-corrected chi connectivity index (χ4v) is 2.80. The predicted octanol–water partition coefficient (Wildman–Crippen LogP) is 3.11. The lowest BCUT2D eigenvalue weighted by Crippen LogP contribution is -2.34. The van der Waals surface area contributed by atoms with Crippen LogP contribution in [0.25, 0.3) is 0 Å². The number of hydrogen-bond acceptors (Lipinski definition) is 2.